The highest BCUT2D eigenvalue weighted by atomic mass is 16.5. The number of carbonyl (C=O) groups excluding carboxylic acids is 2. The summed E-state index contributed by atoms with van der Waals surface area (Å²) in [7, 11) is 1.67. The van der Waals surface area contributed by atoms with E-state index < -0.39 is 29.5 Å². The van der Waals surface area contributed by atoms with Crippen molar-refractivity contribution in [3.63, 3.8) is 0 Å². The van der Waals surface area contributed by atoms with Crippen molar-refractivity contribution in [3.05, 3.63) is 0 Å². The Bertz CT molecular complexity index is 461. The molecule has 0 aromatic heterocycles. The first-order chi connectivity index (χ1) is 12.1. The highest BCUT2D eigenvalue weighted by molar-refractivity contribution is 5.87. The lowest BCUT2D eigenvalue weighted by Crippen LogP contribution is -2.45. The minimum Gasteiger partial charge on any atom is -0.466 e. The van der Waals surface area contributed by atoms with Crippen molar-refractivity contribution < 1.29 is 29.3 Å². The smallest absolute Gasteiger partial charge is 0.308 e. The third-order valence-corrected chi connectivity index (χ3v) is 5.79. The Morgan fingerprint density at radius 2 is 1.69 bits per heavy atom. The van der Waals surface area contributed by atoms with Crippen molar-refractivity contribution in [3.8, 4) is 0 Å². The number of aliphatic hydroxyl groups is 2. The summed E-state index contributed by atoms with van der Waals surface area (Å²) in [6.45, 7) is 7.16. The number of hydrogen-bond acceptors (Lipinski definition) is 6. The lowest BCUT2D eigenvalue weighted by Gasteiger charge is -2.34. The van der Waals surface area contributed by atoms with Gasteiger partial charge in [0.15, 0.2) is 0 Å². The maximum absolute atomic E-state index is 12.8. The number of ketones is 1. The van der Waals surface area contributed by atoms with E-state index >= 15 is 0 Å². The first-order valence-corrected chi connectivity index (χ1v) is 9.70. The van der Waals surface area contributed by atoms with Gasteiger partial charge in [0.05, 0.1) is 36.8 Å². The number of aliphatic hydroxyl groups excluding tert-OH is 2. The van der Waals surface area contributed by atoms with Crippen LogP contribution in [0, 0.1) is 17.3 Å². The predicted molar refractivity (Wildman–Crippen MR) is 98.6 cm³/mol. The maximum Gasteiger partial charge on any atom is 0.308 e. The average Bonchev–Trinajstić information content (AvgIpc) is 2.60. The van der Waals surface area contributed by atoms with Crippen LogP contribution in [0.1, 0.15) is 66.2 Å². The van der Waals surface area contributed by atoms with Crippen molar-refractivity contribution in [2.24, 2.45) is 17.3 Å². The molecule has 1 unspecified atom stereocenters. The number of Topliss-reactive ketones (excluding diaryl/α,β-unsaturated/α-hetero) is 1. The normalized spacial score (nSPS) is 35.7. The van der Waals surface area contributed by atoms with Crippen molar-refractivity contribution in [2.45, 2.75) is 84.5 Å². The molecule has 0 amide bonds. The molecule has 0 aromatic carbocycles. The Kier molecular flexibility index (Phi) is 9.21. The Balaban J connectivity index is 2.92. The lowest BCUT2D eigenvalue weighted by atomic mass is 9.73. The zero-order valence-electron chi connectivity index (χ0n) is 16.9. The molecule has 0 saturated carbocycles. The Morgan fingerprint density at radius 3 is 2.31 bits per heavy atom. The summed E-state index contributed by atoms with van der Waals surface area (Å²) in [5.74, 6) is -1.39. The molecule has 1 rings (SSSR count). The summed E-state index contributed by atoms with van der Waals surface area (Å²) in [4.78, 5) is 24.8. The van der Waals surface area contributed by atoms with Crippen molar-refractivity contribution >= 4 is 11.8 Å². The summed E-state index contributed by atoms with van der Waals surface area (Å²) in [6, 6.07) is 0. The Labute approximate surface area is 157 Å². The Hall–Kier alpha value is -0.980. The summed E-state index contributed by atoms with van der Waals surface area (Å²) in [6.07, 6.45) is 1.98. The number of methoxy groups -OCH3 is 1. The number of carbonyl (C=O) groups is 2. The van der Waals surface area contributed by atoms with Crippen LogP contribution in [0.3, 0.4) is 0 Å². The number of cyclic esters (lactones) is 1. The number of hydrogen-bond donors (Lipinski definition) is 2. The van der Waals surface area contributed by atoms with Crippen molar-refractivity contribution in [1.82, 2.24) is 0 Å². The van der Waals surface area contributed by atoms with E-state index in [1.54, 1.807) is 27.9 Å². The van der Waals surface area contributed by atoms with Gasteiger partial charge in [-0.1, -0.05) is 34.1 Å². The van der Waals surface area contributed by atoms with Gasteiger partial charge in [-0.2, -0.15) is 0 Å². The van der Waals surface area contributed by atoms with Gasteiger partial charge in [-0.15, -0.1) is 0 Å². The molecule has 152 valence electrons. The fourth-order valence-electron chi connectivity index (χ4n) is 3.59. The van der Waals surface area contributed by atoms with Crippen LogP contribution < -0.4 is 0 Å². The van der Waals surface area contributed by atoms with Gasteiger partial charge in [0.1, 0.15) is 5.78 Å². The monoisotopic (exact) mass is 372 g/mol. The van der Waals surface area contributed by atoms with E-state index in [1.807, 2.05) is 6.92 Å². The van der Waals surface area contributed by atoms with Crippen LogP contribution in [0.5, 0.6) is 0 Å². The second-order valence-electron chi connectivity index (χ2n) is 8.21. The van der Waals surface area contributed by atoms with Gasteiger partial charge in [-0.3, -0.25) is 9.59 Å². The molecule has 1 aliphatic heterocycles. The van der Waals surface area contributed by atoms with Crippen LogP contribution in [-0.4, -0.2) is 54.0 Å². The van der Waals surface area contributed by atoms with E-state index in [9.17, 15) is 19.8 Å². The molecule has 1 saturated heterocycles. The SMILES string of the molecule is CO[C@@H]1CCCOC(=O)C[C@H](O)C(C)(C)C(=O)C(C)[C@@H](O)[C@@H](C)CCC1. The molecule has 0 spiro atoms. The molecule has 6 nitrogen and oxygen atoms in total. The largest absolute Gasteiger partial charge is 0.466 e. The van der Waals surface area contributed by atoms with Gasteiger partial charge in [-0.25, -0.2) is 0 Å². The summed E-state index contributed by atoms with van der Waals surface area (Å²) < 4.78 is 10.7. The van der Waals surface area contributed by atoms with E-state index in [2.05, 4.69) is 0 Å². The highest BCUT2D eigenvalue weighted by Gasteiger charge is 2.42. The van der Waals surface area contributed by atoms with E-state index in [1.165, 1.54) is 0 Å². The van der Waals surface area contributed by atoms with Crippen LogP contribution in [0.15, 0.2) is 0 Å². The maximum atomic E-state index is 12.8. The first-order valence-electron chi connectivity index (χ1n) is 9.70. The summed E-state index contributed by atoms with van der Waals surface area (Å²) >= 11 is 0. The third kappa shape index (κ3) is 6.32. The molecule has 1 fully saturated rings. The minimum atomic E-state index is -1.15. The molecule has 6 heteroatoms. The second-order valence-corrected chi connectivity index (χ2v) is 8.21. The van der Waals surface area contributed by atoms with Gasteiger partial charge in [0.25, 0.3) is 0 Å². The van der Waals surface area contributed by atoms with Gasteiger partial charge in [0.2, 0.25) is 0 Å². The van der Waals surface area contributed by atoms with E-state index in [-0.39, 0.29) is 30.8 Å². The van der Waals surface area contributed by atoms with Crippen LogP contribution in [-0.2, 0) is 19.1 Å². The first kappa shape index (κ1) is 23.1. The van der Waals surface area contributed by atoms with Crippen LogP contribution >= 0.6 is 0 Å². The van der Waals surface area contributed by atoms with Crippen molar-refractivity contribution in [2.75, 3.05) is 13.7 Å². The topological polar surface area (TPSA) is 93.1 Å². The van der Waals surface area contributed by atoms with E-state index in [0.29, 0.717) is 6.42 Å². The lowest BCUT2D eigenvalue weighted by molar-refractivity contribution is -0.151. The van der Waals surface area contributed by atoms with Gasteiger partial charge < -0.3 is 19.7 Å². The highest BCUT2D eigenvalue weighted by Crippen LogP contribution is 2.32. The molecule has 5 atom stereocenters. The fourth-order valence-corrected chi connectivity index (χ4v) is 3.59. The second kappa shape index (κ2) is 10.4. The van der Waals surface area contributed by atoms with Crippen LogP contribution in [0.2, 0.25) is 0 Å². The molecule has 0 aromatic rings. The molecule has 26 heavy (non-hydrogen) atoms. The van der Waals surface area contributed by atoms with Crippen molar-refractivity contribution in [1.29, 1.82) is 0 Å². The fraction of sp³-hybridized carbons (Fsp3) is 0.900. The molecule has 0 radical (unpaired) electrons. The van der Waals surface area contributed by atoms with Gasteiger partial charge >= 0.3 is 5.97 Å². The van der Waals surface area contributed by atoms with Gasteiger partial charge in [0, 0.05) is 13.0 Å². The standard InChI is InChI=1S/C20H36O6/c1-13-8-6-9-15(25-5)10-7-11-26-17(22)12-16(21)20(3,4)19(24)14(2)18(13)23/h13-16,18,21,23H,6-12H2,1-5H3/t13-,14?,15-,16-,18-/m0/s1. The molecule has 2 N–H and O–H groups in total. The molecule has 0 bridgehead atoms. The third-order valence-electron chi connectivity index (χ3n) is 5.79. The molecular formula is C20H36O6. The van der Waals surface area contributed by atoms with Crippen LogP contribution in [0.25, 0.3) is 0 Å². The van der Waals surface area contributed by atoms with E-state index in [4.69, 9.17) is 9.47 Å². The predicted octanol–water partition coefficient (Wildman–Crippen LogP) is 2.49. The summed E-state index contributed by atoms with van der Waals surface area (Å²) in [5, 5.41) is 21.0. The number of ether oxygens (including phenoxy) is 2. The zero-order valence-corrected chi connectivity index (χ0v) is 16.9. The number of rotatable bonds is 1. The molecule has 1 aliphatic rings. The molecular weight excluding hydrogens is 336 g/mol. The summed E-state index contributed by atoms with van der Waals surface area (Å²) in [5.41, 5.74) is -1.13. The number of esters is 1. The van der Waals surface area contributed by atoms with Gasteiger partial charge in [-0.05, 0) is 31.6 Å². The molecule has 0 aliphatic carbocycles. The minimum absolute atomic E-state index is 0.0303. The Morgan fingerprint density at radius 1 is 1.08 bits per heavy atom. The molecule has 1 heterocycles. The van der Waals surface area contributed by atoms with E-state index in [0.717, 1.165) is 25.7 Å². The zero-order chi connectivity index (χ0) is 19.9. The van der Waals surface area contributed by atoms with Crippen LogP contribution in [0.4, 0.5) is 0 Å². The average molecular weight is 373 g/mol. The quantitative estimate of drug-likeness (QED) is 0.687.